The van der Waals surface area contributed by atoms with E-state index in [0.29, 0.717) is 11.5 Å². The Morgan fingerprint density at radius 2 is 2.14 bits per heavy atom. The predicted octanol–water partition coefficient (Wildman–Crippen LogP) is 3.22. The van der Waals surface area contributed by atoms with E-state index in [-0.39, 0.29) is 0 Å². The largest absolute Gasteiger partial charge is 0.385 e. The highest BCUT2D eigenvalue weighted by Crippen LogP contribution is 2.52. The molecule has 0 amide bonds. The summed E-state index contributed by atoms with van der Waals surface area (Å²) in [6, 6.07) is 0. The molecule has 1 aromatic heterocycles. The summed E-state index contributed by atoms with van der Waals surface area (Å²) >= 11 is 0. The molecule has 1 spiro atoms. The number of methoxy groups -OCH3 is 1. The molecule has 1 unspecified atom stereocenters. The molecule has 6 heteroatoms. The van der Waals surface area contributed by atoms with E-state index in [1.165, 1.54) is 42.5 Å². The van der Waals surface area contributed by atoms with Crippen molar-refractivity contribution in [2.75, 3.05) is 47.5 Å². The first-order valence-electron chi connectivity index (χ1n) is 10.8. The van der Waals surface area contributed by atoms with Gasteiger partial charge >= 0.3 is 0 Å². The van der Waals surface area contributed by atoms with Crippen molar-refractivity contribution >= 4 is 5.57 Å². The molecular weight excluding hydrogens is 352 g/mol. The van der Waals surface area contributed by atoms with Crippen molar-refractivity contribution in [2.45, 2.75) is 57.6 Å². The number of aromatic amines is 1. The van der Waals surface area contributed by atoms with E-state index in [1.54, 1.807) is 7.11 Å². The average Bonchev–Trinajstić information content (AvgIpc) is 3.35. The molecule has 3 rings (SSSR count). The van der Waals surface area contributed by atoms with Crippen molar-refractivity contribution in [1.29, 1.82) is 0 Å². The third-order valence-corrected chi connectivity index (χ3v) is 6.44. The Hall–Kier alpha value is -1.21. The monoisotopic (exact) mass is 390 g/mol. The van der Waals surface area contributed by atoms with Crippen molar-refractivity contribution in [3.63, 3.8) is 0 Å². The van der Waals surface area contributed by atoms with Crippen LogP contribution in [0.2, 0.25) is 0 Å². The summed E-state index contributed by atoms with van der Waals surface area (Å²) in [5.41, 5.74) is 4.28. The Balaban J connectivity index is 1.68. The van der Waals surface area contributed by atoms with Crippen LogP contribution in [-0.2, 0) is 16.0 Å². The average molecular weight is 391 g/mol. The van der Waals surface area contributed by atoms with E-state index < -0.39 is 0 Å². The molecule has 0 radical (unpaired) electrons. The maximum Gasteiger partial charge on any atom is 0.0669 e. The van der Waals surface area contributed by atoms with Crippen molar-refractivity contribution in [2.24, 2.45) is 5.41 Å². The van der Waals surface area contributed by atoms with Gasteiger partial charge in [-0.05, 0) is 51.8 Å². The number of nitrogens with one attached hydrogen (secondary N) is 2. The van der Waals surface area contributed by atoms with Crippen LogP contribution in [0.15, 0.2) is 12.3 Å². The van der Waals surface area contributed by atoms with E-state index in [0.717, 1.165) is 52.1 Å². The minimum Gasteiger partial charge on any atom is -0.385 e. The highest BCUT2D eigenvalue weighted by Gasteiger charge is 2.44. The van der Waals surface area contributed by atoms with E-state index in [2.05, 4.69) is 33.5 Å². The van der Waals surface area contributed by atoms with Crippen LogP contribution in [-0.4, -0.2) is 68.7 Å². The molecule has 0 bridgehead atoms. The van der Waals surface area contributed by atoms with Crippen LogP contribution >= 0.6 is 0 Å². The molecule has 2 N–H and O–H groups in total. The number of allylic oxidation sites excluding steroid dienone is 1. The Morgan fingerprint density at radius 1 is 1.32 bits per heavy atom. The molecule has 1 atom stereocenters. The zero-order valence-electron chi connectivity index (χ0n) is 17.9. The van der Waals surface area contributed by atoms with Gasteiger partial charge in [0.1, 0.15) is 0 Å². The van der Waals surface area contributed by atoms with Crippen LogP contribution in [0.3, 0.4) is 0 Å². The third kappa shape index (κ3) is 5.23. The maximum absolute atomic E-state index is 6.36. The first kappa shape index (κ1) is 21.5. The van der Waals surface area contributed by atoms with Gasteiger partial charge in [-0.1, -0.05) is 18.9 Å². The van der Waals surface area contributed by atoms with Crippen molar-refractivity contribution in [1.82, 2.24) is 20.4 Å². The lowest BCUT2D eigenvalue weighted by atomic mass is 9.69. The number of hydrogen-bond acceptors (Lipinski definition) is 5. The summed E-state index contributed by atoms with van der Waals surface area (Å²) in [5, 5.41) is 10.9. The van der Waals surface area contributed by atoms with Crippen molar-refractivity contribution in [3.05, 3.63) is 23.5 Å². The molecule has 1 aromatic rings. The van der Waals surface area contributed by atoms with Crippen LogP contribution in [0, 0.1) is 5.41 Å². The number of ether oxygens (including phenoxy) is 2. The summed E-state index contributed by atoms with van der Waals surface area (Å²) < 4.78 is 11.5. The molecule has 0 saturated heterocycles. The van der Waals surface area contributed by atoms with Gasteiger partial charge in [-0.3, -0.25) is 5.10 Å². The molecule has 0 aliphatic heterocycles. The molecule has 1 fully saturated rings. The van der Waals surface area contributed by atoms with Gasteiger partial charge in [0.15, 0.2) is 0 Å². The summed E-state index contributed by atoms with van der Waals surface area (Å²) in [6.45, 7) is 4.53. The standard InChI is InChI=1S/C22H38N4O2/c1-23-11-12-26(2)17-19-16-24-25-21(19)18-7-8-20(28-14-6-13-27-3)22(15-18)9-4-5-10-22/h7,16,20,23H,4-6,8-15,17H2,1-3H3,(H,24,25). The Bertz CT molecular complexity index is 622. The third-order valence-electron chi connectivity index (χ3n) is 6.44. The molecular formula is C22H38N4O2. The predicted molar refractivity (Wildman–Crippen MR) is 113 cm³/mol. The molecule has 0 aromatic carbocycles. The summed E-state index contributed by atoms with van der Waals surface area (Å²) in [5.74, 6) is 0. The van der Waals surface area contributed by atoms with Gasteiger partial charge in [0, 0.05) is 50.9 Å². The zero-order chi connectivity index (χ0) is 19.8. The van der Waals surface area contributed by atoms with Crippen LogP contribution in [0.1, 0.15) is 56.2 Å². The van der Waals surface area contributed by atoms with Gasteiger partial charge in [-0.2, -0.15) is 5.10 Å². The van der Waals surface area contributed by atoms with Crippen LogP contribution in [0.4, 0.5) is 0 Å². The van der Waals surface area contributed by atoms with Crippen molar-refractivity contribution in [3.8, 4) is 0 Å². The van der Waals surface area contributed by atoms with Gasteiger partial charge in [0.2, 0.25) is 0 Å². The first-order valence-corrected chi connectivity index (χ1v) is 10.8. The number of nitrogens with zero attached hydrogens (tertiary/aromatic N) is 2. The van der Waals surface area contributed by atoms with E-state index in [9.17, 15) is 0 Å². The Morgan fingerprint density at radius 3 is 2.89 bits per heavy atom. The maximum atomic E-state index is 6.36. The smallest absolute Gasteiger partial charge is 0.0669 e. The quantitative estimate of drug-likeness (QED) is 0.568. The van der Waals surface area contributed by atoms with Gasteiger partial charge in [-0.15, -0.1) is 0 Å². The Kier molecular flexibility index (Phi) is 8.09. The van der Waals surface area contributed by atoms with E-state index in [1.807, 2.05) is 13.2 Å². The second kappa shape index (κ2) is 10.5. The minimum absolute atomic E-state index is 0.303. The highest BCUT2D eigenvalue weighted by molar-refractivity contribution is 5.66. The fourth-order valence-corrected chi connectivity index (χ4v) is 4.89. The van der Waals surface area contributed by atoms with E-state index >= 15 is 0 Å². The molecule has 2 aliphatic carbocycles. The molecule has 1 heterocycles. The number of H-pyrrole nitrogens is 1. The molecule has 2 aliphatic rings. The van der Waals surface area contributed by atoms with Gasteiger partial charge in [0.25, 0.3) is 0 Å². The SMILES string of the molecule is CNCCN(C)Cc1cn[nH]c1C1=CCC(OCCCOC)C2(CCCC2)C1. The fourth-order valence-electron chi connectivity index (χ4n) is 4.89. The fraction of sp³-hybridized carbons (Fsp3) is 0.773. The summed E-state index contributed by atoms with van der Waals surface area (Å²) in [4.78, 5) is 2.35. The highest BCUT2D eigenvalue weighted by atomic mass is 16.5. The number of hydrogen-bond donors (Lipinski definition) is 2. The van der Waals surface area contributed by atoms with Crippen LogP contribution in [0.5, 0.6) is 0 Å². The molecule has 158 valence electrons. The van der Waals surface area contributed by atoms with E-state index in [4.69, 9.17) is 9.47 Å². The number of rotatable bonds is 11. The van der Waals surface area contributed by atoms with Gasteiger partial charge < -0.3 is 19.7 Å². The molecule has 28 heavy (non-hydrogen) atoms. The first-order chi connectivity index (χ1) is 13.7. The second-order valence-corrected chi connectivity index (χ2v) is 8.53. The van der Waals surface area contributed by atoms with Crippen molar-refractivity contribution < 1.29 is 9.47 Å². The van der Waals surface area contributed by atoms with Crippen LogP contribution < -0.4 is 5.32 Å². The summed E-state index contributed by atoms with van der Waals surface area (Å²) in [6.07, 6.45) is 13.1. The normalized spacial score (nSPS) is 21.6. The van der Waals surface area contributed by atoms with Gasteiger partial charge in [0.05, 0.1) is 18.0 Å². The topological polar surface area (TPSA) is 62.4 Å². The lowest BCUT2D eigenvalue weighted by Crippen LogP contribution is -2.38. The lowest BCUT2D eigenvalue weighted by molar-refractivity contribution is -0.0438. The summed E-state index contributed by atoms with van der Waals surface area (Å²) in [7, 11) is 5.93. The Labute approximate surface area is 170 Å². The zero-order valence-corrected chi connectivity index (χ0v) is 17.9. The number of likely N-dealkylation sites (N-methyl/N-ethyl adjacent to an activating group) is 2. The van der Waals surface area contributed by atoms with Crippen LogP contribution in [0.25, 0.3) is 5.57 Å². The second-order valence-electron chi connectivity index (χ2n) is 8.53. The molecule has 1 saturated carbocycles. The number of aromatic nitrogens is 2. The minimum atomic E-state index is 0.303. The van der Waals surface area contributed by atoms with Gasteiger partial charge in [-0.25, -0.2) is 0 Å². The molecule has 6 nitrogen and oxygen atoms in total. The lowest BCUT2D eigenvalue weighted by Gasteiger charge is -2.41.